The van der Waals surface area contributed by atoms with Gasteiger partial charge in [-0.05, 0) is 31.4 Å². The van der Waals surface area contributed by atoms with Crippen molar-refractivity contribution in [3.63, 3.8) is 0 Å². The highest BCUT2D eigenvalue weighted by molar-refractivity contribution is 5.84. The molecule has 2 N–H and O–H groups in total. The second kappa shape index (κ2) is 10.9. The van der Waals surface area contributed by atoms with Crippen molar-refractivity contribution < 1.29 is 28.8 Å². The highest BCUT2D eigenvalue weighted by atomic mass is 16.6. The van der Waals surface area contributed by atoms with E-state index in [2.05, 4.69) is 5.32 Å². The zero-order valence-corrected chi connectivity index (χ0v) is 17.4. The van der Waals surface area contributed by atoms with Gasteiger partial charge >= 0.3 is 12.1 Å². The molecule has 0 saturated heterocycles. The molecule has 0 radical (unpaired) electrons. The number of alkyl carbamates (subject to hydrolysis) is 1. The van der Waals surface area contributed by atoms with Crippen LogP contribution in [0.3, 0.4) is 0 Å². The average Bonchev–Trinajstić information content (AvgIpc) is 2.72. The van der Waals surface area contributed by atoms with Crippen molar-refractivity contribution in [3.05, 3.63) is 66.0 Å². The quantitative estimate of drug-likeness (QED) is 0.609. The van der Waals surface area contributed by atoms with Crippen LogP contribution in [0.5, 0.6) is 0 Å². The largest absolute Gasteiger partial charge is 0.480 e. The Labute approximate surface area is 176 Å². The van der Waals surface area contributed by atoms with Gasteiger partial charge in [0, 0.05) is 25.2 Å². The number of carboxylic acids is 1. The van der Waals surface area contributed by atoms with Gasteiger partial charge in [-0.25, -0.2) is 9.59 Å². The van der Waals surface area contributed by atoms with Crippen LogP contribution in [0.1, 0.15) is 25.0 Å². The van der Waals surface area contributed by atoms with Gasteiger partial charge in [-0.2, -0.15) is 4.57 Å². The number of nitrogens with zero attached hydrogens (tertiary/aromatic N) is 2. The molecule has 0 aliphatic carbocycles. The van der Waals surface area contributed by atoms with E-state index < -0.39 is 18.1 Å². The molecule has 0 saturated carbocycles. The summed E-state index contributed by atoms with van der Waals surface area (Å²) < 4.78 is 6.89. The van der Waals surface area contributed by atoms with Crippen LogP contribution in [0.25, 0.3) is 0 Å². The summed E-state index contributed by atoms with van der Waals surface area (Å²) in [5.41, 5.74) is 1.87. The van der Waals surface area contributed by atoms with Crippen molar-refractivity contribution in [2.45, 2.75) is 45.5 Å². The first-order valence-electron chi connectivity index (χ1n) is 9.70. The van der Waals surface area contributed by atoms with E-state index in [-0.39, 0.29) is 25.1 Å². The SMILES string of the molecule is C[C@@H](Cc1ccccc1)NC(=O)OC[n+]1ccc(CC(=O)N(C)[C@@H](C)C(=O)O)cc1. The van der Waals surface area contributed by atoms with E-state index in [1.807, 2.05) is 37.3 Å². The second-order valence-electron chi connectivity index (χ2n) is 7.21. The van der Waals surface area contributed by atoms with E-state index >= 15 is 0 Å². The number of ether oxygens (including phenoxy) is 1. The minimum atomic E-state index is -1.05. The summed E-state index contributed by atoms with van der Waals surface area (Å²) in [4.78, 5) is 36.3. The van der Waals surface area contributed by atoms with Crippen LogP contribution >= 0.6 is 0 Å². The fourth-order valence-electron chi connectivity index (χ4n) is 2.77. The minimum Gasteiger partial charge on any atom is -0.480 e. The van der Waals surface area contributed by atoms with Crippen LogP contribution in [-0.4, -0.2) is 47.1 Å². The lowest BCUT2D eigenvalue weighted by Gasteiger charge is -2.21. The molecule has 2 amide bonds. The Morgan fingerprint density at radius 2 is 1.70 bits per heavy atom. The Kier molecular flexibility index (Phi) is 8.34. The molecule has 2 aromatic rings. The summed E-state index contributed by atoms with van der Waals surface area (Å²) >= 11 is 0. The number of carboxylic acid groups (broad SMARTS) is 1. The Morgan fingerprint density at radius 3 is 2.30 bits per heavy atom. The lowest BCUT2D eigenvalue weighted by atomic mass is 10.1. The van der Waals surface area contributed by atoms with Gasteiger partial charge in [-0.15, -0.1) is 0 Å². The van der Waals surface area contributed by atoms with Crippen molar-refractivity contribution in [3.8, 4) is 0 Å². The second-order valence-corrected chi connectivity index (χ2v) is 7.21. The summed E-state index contributed by atoms with van der Waals surface area (Å²) in [6.45, 7) is 3.41. The summed E-state index contributed by atoms with van der Waals surface area (Å²) in [5, 5.41) is 11.8. The van der Waals surface area contributed by atoms with Gasteiger partial charge in [0.25, 0.3) is 6.73 Å². The normalized spacial score (nSPS) is 12.5. The molecule has 2 rings (SSSR count). The number of amides is 2. The maximum absolute atomic E-state index is 12.2. The standard InChI is InChI=1S/C22H27N3O5/c1-16(13-18-7-5-4-6-8-18)23-22(29)30-15-25-11-9-19(10-12-25)14-20(26)24(3)17(2)21(27)28/h4-12,16-17H,13-15H2,1-3H3,(H-,23,27,28,29)/p+1/t16-,17-/m0/s1. The molecule has 0 spiro atoms. The number of hydrogen-bond donors (Lipinski definition) is 2. The summed E-state index contributed by atoms with van der Waals surface area (Å²) in [5.74, 6) is -1.34. The monoisotopic (exact) mass is 414 g/mol. The van der Waals surface area contributed by atoms with Gasteiger partial charge in [-0.1, -0.05) is 30.3 Å². The van der Waals surface area contributed by atoms with Gasteiger partial charge in [0.2, 0.25) is 5.91 Å². The molecular formula is C22H28N3O5+. The first-order valence-corrected chi connectivity index (χ1v) is 9.70. The number of rotatable bonds is 9. The van der Waals surface area contributed by atoms with E-state index in [1.165, 1.54) is 18.9 Å². The summed E-state index contributed by atoms with van der Waals surface area (Å²) in [7, 11) is 1.47. The predicted molar refractivity (Wildman–Crippen MR) is 109 cm³/mol. The molecule has 1 aromatic heterocycles. The van der Waals surface area contributed by atoms with Crippen LogP contribution in [0.4, 0.5) is 4.79 Å². The molecule has 0 aliphatic rings. The molecular weight excluding hydrogens is 386 g/mol. The number of hydrogen-bond acceptors (Lipinski definition) is 4. The number of nitrogens with one attached hydrogen (secondary N) is 1. The smallest absolute Gasteiger partial charge is 0.412 e. The third kappa shape index (κ3) is 7.20. The van der Waals surface area contributed by atoms with Crippen molar-refractivity contribution in [2.24, 2.45) is 0 Å². The summed E-state index contributed by atoms with van der Waals surface area (Å²) in [6.07, 6.45) is 3.69. The molecule has 8 heteroatoms. The molecule has 0 bridgehead atoms. The average molecular weight is 414 g/mol. The molecule has 0 aliphatic heterocycles. The highest BCUT2D eigenvalue weighted by Gasteiger charge is 2.21. The van der Waals surface area contributed by atoms with E-state index in [1.54, 1.807) is 29.1 Å². The Hall–Kier alpha value is -3.42. The Morgan fingerprint density at radius 1 is 1.07 bits per heavy atom. The van der Waals surface area contributed by atoms with Gasteiger partial charge in [0.15, 0.2) is 12.4 Å². The van der Waals surface area contributed by atoms with Crippen molar-refractivity contribution in [1.29, 1.82) is 0 Å². The number of aliphatic carboxylic acids is 1. The third-order valence-corrected chi connectivity index (χ3v) is 4.74. The lowest BCUT2D eigenvalue weighted by Crippen LogP contribution is -2.41. The fraction of sp³-hybridized carbons (Fsp3) is 0.364. The van der Waals surface area contributed by atoms with Crippen molar-refractivity contribution in [1.82, 2.24) is 10.2 Å². The zero-order valence-electron chi connectivity index (χ0n) is 17.4. The molecule has 1 aromatic carbocycles. The maximum atomic E-state index is 12.2. The molecule has 30 heavy (non-hydrogen) atoms. The number of likely N-dealkylation sites (N-methyl/N-ethyl adjacent to an activating group) is 1. The molecule has 160 valence electrons. The highest BCUT2D eigenvalue weighted by Crippen LogP contribution is 2.04. The summed E-state index contributed by atoms with van der Waals surface area (Å²) in [6, 6.07) is 12.4. The molecule has 1 heterocycles. The number of benzene rings is 1. The van der Waals surface area contributed by atoms with Crippen molar-refractivity contribution in [2.75, 3.05) is 7.05 Å². The third-order valence-electron chi connectivity index (χ3n) is 4.74. The molecule has 2 atom stereocenters. The van der Waals surface area contributed by atoms with E-state index in [0.29, 0.717) is 6.42 Å². The van der Waals surface area contributed by atoms with Crippen LogP contribution < -0.4 is 9.88 Å². The number of carbonyl (C=O) groups is 3. The first kappa shape index (κ1) is 22.9. The molecule has 0 fully saturated rings. The van der Waals surface area contributed by atoms with Gasteiger partial charge < -0.3 is 20.1 Å². The van der Waals surface area contributed by atoms with Crippen molar-refractivity contribution >= 4 is 18.0 Å². The van der Waals surface area contributed by atoms with Gasteiger partial charge in [-0.3, -0.25) is 4.79 Å². The number of carbonyl (C=O) groups excluding carboxylic acids is 2. The van der Waals surface area contributed by atoms with E-state index in [0.717, 1.165) is 11.1 Å². The van der Waals surface area contributed by atoms with Gasteiger partial charge in [0.1, 0.15) is 6.04 Å². The number of aromatic nitrogens is 1. The minimum absolute atomic E-state index is 0.0358. The Bertz CT molecular complexity index is 855. The lowest BCUT2D eigenvalue weighted by molar-refractivity contribution is -0.727. The maximum Gasteiger partial charge on any atom is 0.412 e. The zero-order chi connectivity index (χ0) is 22.1. The van der Waals surface area contributed by atoms with Crippen LogP contribution in [0.2, 0.25) is 0 Å². The van der Waals surface area contributed by atoms with Crippen LogP contribution in [-0.2, 0) is 33.9 Å². The molecule has 0 unspecified atom stereocenters. The van der Waals surface area contributed by atoms with Crippen LogP contribution in [0, 0.1) is 0 Å². The molecule has 8 nitrogen and oxygen atoms in total. The van der Waals surface area contributed by atoms with Gasteiger partial charge in [0.05, 0.1) is 6.42 Å². The van der Waals surface area contributed by atoms with E-state index in [4.69, 9.17) is 9.84 Å². The first-order chi connectivity index (χ1) is 14.3. The predicted octanol–water partition coefficient (Wildman–Crippen LogP) is 1.76. The Balaban J connectivity index is 1.78. The number of pyridine rings is 1. The fourth-order valence-corrected chi connectivity index (χ4v) is 2.77. The van der Waals surface area contributed by atoms with Crippen LogP contribution in [0.15, 0.2) is 54.9 Å². The topological polar surface area (TPSA) is 99.8 Å². The van der Waals surface area contributed by atoms with E-state index in [9.17, 15) is 14.4 Å².